The lowest BCUT2D eigenvalue weighted by Crippen LogP contribution is -2.20. The Kier molecular flexibility index (Phi) is 2.45. The number of aryl methyl sites for hydroxylation is 1. The van der Waals surface area contributed by atoms with Crippen LogP contribution in [0.25, 0.3) is 10.9 Å². The van der Waals surface area contributed by atoms with Crippen molar-refractivity contribution in [1.29, 1.82) is 0 Å². The molecule has 0 atom stereocenters. The van der Waals surface area contributed by atoms with Gasteiger partial charge in [-0.1, -0.05) is 0 Å². The Hall–Kier alpha value is -1.42. The van der Waals surface area contributed by atoms with Crippen LogP contribution in [0.15, 0.2) is 29.6 Å². The van der Waals surface area contributed by atoms with Gasteiger partial charge in [0.25, 0.3) is 5.56 Å². The number of rotatable bonds is 2. The van der Waals surface area contributed by atoms with E-state index in [9.17, 15) is 4.79 Å². The maximum atomic E-state index is 11.7. The van der Waals surface area contributed by atoms with E-state index < -0.39 is 0 Å². The summed E-state index contributed by atoms with van der Waals surface area (Å²) in [7, 11) is 0. The van der Waals surface area contributed by atoms with Gasteiger partial charge in [0.1, 0.15) is 6.33 Å². The van der Waals surface area contributed by atoms with Crippen molar-refractivity contribution >= 4 is 22.5 Å². The van der Waals surface area contributed by atoms with Gasteiger partial charge < -0.3 is 4.57 Å². The Morgan fingerprint density at radius 2 is 2.36 bits per heavy atom. The van der Waals surface area contributed by atoms with E-state index >= 15 is 0 Å². The summed E-state index contributed by atoms with van der Waals surface area (Å²) in [5.74, 6) is 0.416. The average molecular weight is 210 g/mol. The van der Waals surface area contributed by atoms with Gasteiger partial charge in [-0.2, -0.15) is 0 Å². The van der Waals surface area contributed by atoms with E-state index in [1.54, 1.807) is 16.8 Å². The molecule has 4 nitrogen and oxygen atoms in total. The van der Waals surface area contributed by atoms with Gasteiger partial charge in [-0.25, -0.2) is 9.97 Å². The second kappa shape index (κ2) is 3.75. The van der Waals surface area contributed by atoms with E-state index in [-0.39, 0.29) is 5.56 Å². The molecule has 0 amide bonds. The van der Waals surface area contributed by atoms with Crippen molar-refractivity contribution in [1.82, 2.24) is 14.5 Å². The van der Waals surface area contributed by atoms with Crippen LogP contribution >= 0.6 is 11.6 Å². The molecular weight excluding hydrogens is 202 g/mol. The number of pyridine rings is 1. The lowest BCUT2D eigenvalue weighted by Gasteiger charge is -2.03. The third-order valence-electron chi connectivity index (χ3n) is 1.97. The quantitative estimate of drug-likeness (QED) is 0.695. The molecular formula is C9H8ClN3O. The van der Waals surface area contributed by atoms with Gasteiger partial charge in [0.05, 0.1) is 10.9 Å². The first kappa shape index (κ1) is 9.15. The molecule has 0 aliphatic rings. The van der Waals surface area contributed by atoms with Gasteiger partial charge >= 0.3 is 0 Å². The van der Waals surface area contributed by atoms with Gasteiger partial charge in [-0.3, -0.25) is 4.79 Å². The standard InChI is InChI=1S/C9H8ClN3O/c10-2-4-13-3-1-8-7(9(13)14)5-11-6-12-8/h1,3,5-6H,2,4H2. The monoisotopic (exact) mass is 209 g/mol. The van der Waals surface area contributed by atoms with Crippen LogP contribution < -0.4 is 5.56 Å². The highest BCUT2D eigenvalue weighted by molar-refractivity contribution is 6.17. The van der Waals surface area contributed by atoms with Crippen molar-refractivity contribution in [3.63, 3.8) is 0 Å². The van der Waals surface area contributed by atoms with Crippen molar-refractivity contribution < 1.29 is 0 Å². The fraction of sp³-hybridized carbons (Fsp3) is 0.222. The minimum Gasteiger partial charge on any atom is -0.314 e. The molecule has 2 aromatic heterocycles. The predicted molar refractivity (Wildman–Crippen MR) is 54.5 cm³/mol. The van der Waals surface area contributed by atoms with Crippen molar-refractivity contribution in [2.75, 3.05) is 5.88 Å². The molecule has 5 heteroatoms. The number of hydrogen-bond acceptors (Lipinski definition) is 3. The zero-order chi connectivity index (χ0) is 9.97. The van der Waals surface area contributed by atoms with Crippen LogP contribution in [-0.2, 0) is 6.54 Å². The highest BCUT2D eigenvalue weighted by atomic mass is 35.5. The van der Waals surface area contributed by atoms with Crippen LogP contribution in [0.1, 0.15) is 0 Å². The van der Waals surface area contributed by atoms with E-state index in [1.807, 2.05) is 0 Å². The summed E-state index contributed by atoms with van der Waals surface area (Å²) >= 11 is 5.57. The van der Waals surface area contributed by atoms with Crippen LogP contribution in [0, 0.1) is 0 Å². The highest BCUT2D eigenvalue weighted by Crippen LogP contribution is 2.02. The minimum absolute atomic E-state index is 0.0937. The smallest absolute Gasteiger partial charge is 0.261 e. The lowest BCUT2D eigenvalue weighted by atomic mass is 10.3. The van der Waals surface area contributed by atoms with Crippen molar-refractivity contribution in [2.45, 2.75) is 6.54 Å². The second-order valence-corrected chi connectivity index (χ2v) is 3.20. The molecule has 2 aromatic rings. The van der Waals surface area contributed by atoms with Gasteiger partial charge in [0.15, 0.2) is 0 Å². The molecule has 0 aliphatic carbocycles. The van der Waals surface area contributed by atoms with E-state index in [0.29, 0.717) is 23.3 Å². The normalized spacial score (nSPS) is 10.6. The summed E-state index contributed by atoms with van der Waals surface area (Å²) in [6.45, 7) is 0.505. The molecule has 14 heavy (non-hydrogen) atoms. The maximum Gasteiger partial charge on any atom is 0.261 e. The summed E-state index contributed by atoms with van der Waals surface area (Å²) in [5.41, 5.74) is 0.569. The van der Waals surface area contributed by atoms with Crippen molar-refractivity contribution in [3.8, 4) is 0 Å². The van der Waals surface area contributed by atoms with Gasteiger partial charge in [0, 0.05) is 24.8 Å². The SMILES string of the molecule is O=c1c2cncnc2ccn1CCCl. The van der Waals surface area contributed by atoms with E-state index in [0.717, 1.165) is 0 Å². The molecule has 0 saturated heterocycles. The van der Waals surface area contributed by atoms with Crippen LogP contribution in [0.5, 0.6) is 0 Å². The third kappa shape index (κ3) is 1.48. The number of fused-ring (bicyclic) bond motifs is 1. The molecule has 0 unspecified atom stereocenters. The minimum atomic E-state index is -0.0937. The Balaban J connectivity index is 2.69. The Bertz CT molecular complexity index is 509. The fourth-order valence-corrected chi connectivity index (χ4v) is 1.47. The highest BCUT2D eigenvalue weighted by Gasteiger charge is 2.01. The summed E-state index contributed by atoms with van der Waals surface area (Å²) in [5, 5.41) is 0.528. The van der Waals surface area contributed by atoms with Gasteiger partial charge in [-0.05, 0) is 6.07 Å². The lowest BCUT2D eigenvalue weighted by molar-refractivity contribution is 0.739. The number of hydrogen-bond donors (Lipinski definition) is 0. The zero-order valence-electron chi connectivity index (χ0n) is 7.35. The molecule has 0 saturated carbocycles. The summed E-state index contributed by atoms with van der Waals surface area (Å²) in [4.78, 5) is 19.5. The van der Waals surface area contributed by atoms with Crippen molar-refractivity contribution in [2.24, 2.45) is 0 Å². The van der Waals surface area contributed by atoms with Crippen molar-refractivity contribution in [3.05, 3.63) is 35.1 Å². The molecule has 0 radical (unpaired) electrons. The van der Waals surface area contributed by atoms with Crippen LogP contribution in [-0.4, -0.2) is 20.4 Å². The zero-order valence-corrected chi connectivity index (χ0v) is 8.11. The number of aromatic nitrogens is 3. The summed E-state index contributed by atoms with van der Waals surface area (Å²) in [6, 6.07) is 1.78. The Morgan fingerprint density at radius 3 is 3.14 bits per heavy atom. The molecule has 0 spiro atoms. The van der Waals surface area contributed by atoms with E-state index in [1.165, 1.54) is 12.5 Å². The predicted octanol–water partition coefficient (Wildman–Crippen LogP) is 1.03. The van der Waals surface area contributed by atoms with Crippen LogP contribution in [0.3, 0.4) is 0 Å². The first-order chi connectivity index (χ1) is 6.83. The molecule has 72 valence electrons. The maximum absolute atomic E-state index is 11.7. The first-order valence-electron chi connectivity index (χ1n) is 4.18. The molecule has 0 fully saturated rings. The van der Waals surface area contributed by atoms with Gasteiger partial charge in [-0.15, -0.1) is 11.6 Å². The van der Waals surface area contributed by atoms with Crippen LogP contribution in [0.2, 0.25) is 0 Å². The Morgan fingerprint density at radius 1 is 1.50 bits per heavy atom. The number of alkyl halides is 1. The van der Waals surface area contributed by atoms with E-state index in [2.05, 4.69) is 9.97 Å². The Labute approximate surface area is 85.2 Å². The molecule has 0 bridgehead atoms. The number of nitrogens with zero attached hydrogens (tertiary/aromatic N) is 3. The summed E-state index contributed by atoms with van der Waals surface area (Å²) < 4.78 is 1.55. The second-order valence-electron chi connectivity index (χ2n) is 2.82. The molecule has 0 aromatic carbocycles. The number of halogens is 1. The largest absolute Gasteiger partial charge is 0.314 e. The van der Waals surface area contributed by atoms with Crippen LogP contribution in [0.4, 0.5) is 0 Å². The van der Waals surface area contributed by atoms with Gasteiger partial charge in [0.2, 0.25) is 0 Å². The molecule has 2 heterocycles. The topological polar surface area (TPSA) is 47.8 Å². The molecule has 0 aliphatic heterocycles. The summed E-state index contributed by atoms with van der Waals surface area (Å²) in [6.07, 6.45) is 4.64. The fourth-order valence-electron chi connectivity index (χ4n) is 1.29. The molecule has 0 N–H and O–H groups in total. The average Bonchev–Trinajstić information content (AvgIpc) is 2.23. The van der Waals surface area contributed by atoms with E-state index in [4.69, 9.17) is 11.6 Å². The first-order valence-corrected chi connectivity index (χ1v) is 4.71. The molecule has 2 rings (SSSR count). The third-order valence-corrected chi connectivity index (χ3v) is 2.14.